The molecule has 0 spiro atoms. The van der Waals surface area contributed by atoms with Gasteiger partial charge in [0.15, 0.2) is 17.5 Å². The third-order valence-corrected chi connectivity index (χ3v) is 8.31. The number of aryl methyl sites for hydroxylation is 2. The van der Waals surface area contributed by atoms with Crippen molar-refractivity contribution in [3.8, 4) is 16.5 Å². The van der Waals surface area contributed by atoms with Gasteiger partial charge in [0, 0.05) is 49.0 Å². The van der Waals surface area contributed by atoms with E-state index in [2.05, 4.69) is 63.4 Å². The lowest BCUT2D eigenvalue weighted by Gasteiger charge is -2.38. The molecule has 2 atom stereocenters. The number of rotatable bonds is 8. The zero-order valence-corrected chi connectivity index (χ0v) is 23.3. The summed E-state index contributed by atoms with van der Waals surface area (Å²) in [4.78, 5) is 23.6. The minimum absolute atomic E-state index is 0.0784. The van der Waals surface area contributed by atoms with Crippen LogP contribution < -0.4 is 15.0 Å². The maximum Gasteiger partial charge on any atom is 0.204 e. The fourth-order valence-electron chi connectivity index (χ4n) is 5.49. The molecular weight excluding hydrogens is 498 g/mol. The largest absolute Gasteiger partial charge is 0.484 e. The Hall–Kier alpha value is -3.21. The predicted octanol–water partition coefficient (Wildman–Crippen LogP) is 4.13. The van der Waals surface area contributed by atoms with Crippen LogP contribution in [0.4, 0.5) is 11.6 Å². The summed E-state index contributed by atoms with van der Waals surface area (Å²) in [5.74, 6) is 2.99. The number of hydrogen-bond donors (Lipinski definition) is 2. The van der Waals surface area contributed by atoms with Crippen molar-refractivity contribution in [2.75, 3.05) is 57.7 Å². The monoisotopic (exact) mass is 533 g/mol. The van der Waals surface area contributed by atoms with E-state index in [1.165, 1.54) is 22.2 Å². The van der Waals surface area contributed by atoms with Crippen molar-refractivity contribution in [2.24, 2.45) is 0 Å². The molecule has 0 amide bonds. The molecule has 2 aliphatic rings. The highest BCUT2D eigenvalue weighted by atomic mass is 32.1. The van der Waals surface area contributed by atoms with Gasteiger partial charge in [0.05, 0.1) is 22.5 Å². The molecule has 0 fully saturated rings. The average molecular weight is 534 g/mol. The van der Waals surface area contributed by atoms with Gasteiger partial charge in [-0.05, 0) is 51.9 Å². The number of methoxy groups -OCH3 is 1. The topological polar surface area (TPSA) is 91.4 Å². The zero-order valence-electron chi connectivity index (χ0n) is 22.5. The van der Waals surface area contributed by atoms with Crippen LogP contribution in [0.25, 0.3) is 21.6 Å². The summed E-state index contributed by atoms with van der Waals surface area (Å²) < 4.78 is 11.9. The minimum Gasteiger partial charge on any atom is -0.484 e. The zero-order chi connectivity index (χ0) is 26.2. The van der Waals surface area contributed by atoms with Gasteiger partial charge in [0.2, 0.25) is 5.75 Å². The van der Waals surface area contributed by atoms with Crippen molar-refractivity contribution in [3.05, 3.63) is 46.7 Å². The maximum atomic E-state index is 6.38. The van der Waals surface area contributed by atoms with E-state index in [-0.39, 0.29) is 12.1 Å². The van der Waals surface area contributed by atoms with Crippen molar-refractivity contribution < 1.29 is 9.47 Å². The first-order valence-electron chi connectivity index (χ1n) is 13.2. The van der Waals surface area contributed by atoms with E-state index in [1.54, 1.807) is 18.4 Å². The number of para-hydroxylation sites is 1. The molecule has 0 radical (unpaired) electrons. The molecule has 9 nitrogen and oxygen atoms in total. The van der Waals surface area contributed by atoms with Crippen molar-refractivity contribution >= 4 is 33.9 Å². The van der Waals surface area contributed by atoms with Crippen LogP contribution in [0.1, 0.15) is 22.7 Å². The normalized spacial score (nSPS) is 18.9. The Morgan fingerprint density at radius 3 is 2.92 bits per heavy atom. The van der Waals surface area contributed by atoms with E-state index in [1.807, 2.05) is 13.1 Å². The van der Waals surface area contributed by atoms with Gasteiger partial charge in [-0.25, -0.2) is 15.0 Å². The number of benzene rings is 1. The van der Waals surface area contributed by atoms with Crippen molar-refractivity contribution in [3.63, 3.8) is 0 Å². The number of nitrogens with one attached hydrogen (secondary N) is 2. The first kappa shape index (κ1) is 25.1. The summed E-state index contributed by atoms with van der Waals surface area (Å²) in [6.45, 7) is 4.82. The molecule has 0 saturated heterocycles. The van der Waals surface area contributed by atoms with Crippen LogP contribution >= 0.6 is 11.3 Å². The van der Waals surface area contributed by atoms with Crippen LogP contribution in [-0.4, -0.2) is 84.4 Å². The first-order valence-corrected chi connectivity index (χ1v) is 14.0. The van der Waals surface area contributed by atoms with Crippen LogP contribution in [0.15, 0.2) is 30.5 Å². The highest BCUT2D eigenvalue weighted by molar-refractivity contribution is 7.14. The molecule has 2 N–H and O–H groups in total. The molecule has 0 saturated carbocycles. The predicted molar refractivity (Wildman–Crippen MR) is 153 cm³/mol. The lowest BCUT2D eigenvalue weighted by molar-refractivity contribution is 0.139. The van der Waals surface area contributed by atoms with Gasteiger partial charge in [-0.2, -0.15) is 0 Å². The average Bonchev–Trinajstić information content (AvgIpc) is 3.51. The third kappa shape index (κ3) is 4.83. The molecule has 1 aliphatic carbocycles. The number of ether oxygens (including phenoxy) is 2. The number of hydrogen-bond acceptors (Lipinski definition) is 9. The Morgan fingerprint density at radius 2 is 2.13 bits per heavy atom. The van der Waals surface area contributed by atoms with Crippen LogP contribution in [0, 0.1) is 6.92 Å². The van der Waals surface area contributed by atoms with Gasteiger partial charge in [-0.3, -0.25) is 0 Å². The summed E-state index contributed by atoms with van der Waals surface area (Å²) in [6, 6.07) is 8.90. The molecule has 200 valence electrons. The van der Waals surface area contributed by atoms with Gasteiger partial charge >= 0.3 is 0 Å². The van der Waals surface area contributed by atoms with E-state index in [9.17, 15) is 0 Å². The van der Waals surface area contributed by atoms with Gasteiger partial charge < -0.3 is 29.6 Å². The molecule has 1 aliphatic heterocycles. The number of anilines is 2. The SMILES string of the molecule is COC[C@@H]1COc2c(N[C@@H]3CCc4[nH]c5ccccc5c4C3)nc(-c3cnc(C)s3)nc2N1CCN(C)C. The number of H-pyrrole nitrogens is 1. The standard InChI is InChI=1S/C28H35N7O2S/c1-17-29-14-24(38-17)26-32-27(25-28(33-26)35(12-11-34(2)3)19(15-36-4)16-37-25)30-18-9-10-23-21(13-18)20-7-5-6-8-22(20)31-23/h5-8,14,18-19,31H,9-13,15-16H2,1-4H3,(H,30,32,33)/t18-,19-/m1/s1. The van der Waals surface area contributed by atoms with Gasteiger partial charge in [-0.1, -0.05) is 18.2 Å². The Morgan fingerprint density at radius 1 is 1.26 bits per heavy atom. The first-order chi connectivity index (χ1) is 18.5. The molecule has 0 bridgehead atoms. The van der Waals surface area contributed by atoms with Crippen molar-refractivity contribution in [1.29, 1.82) is 0 Å². The second kappa shape index (κ2) is 10.5. The van der Waals surface area contributed by atoms with Crippen LogP contribution in [0.5, 0.6) is 5.75 Å². The Bertz CT molecular complexity index is 1430. The fourth-order valence-corrected chi connectivity index (χ4v) is 6.21. The van der Waals surface area contributed by atoms with Crippen molar-refractivity contribution in [2.45, 2.75) is 38.3 Å². The molecule has 3 aromatic heterocycles. The quantitative estimate of drug-likeness (QED) is 0.349. The van der Waals surface area contributed by atoms with Crippen LogP contribution in [0.3, 0.4) is 0 Å². The lowest BCUT2D eigenvalue weighted by atomic mass is 9.91. The van der Waals surface area contributed by atoms with Gasteiger partial charge in [0.1, 0.15) is 6.61 Å². The molecule has 4 heterocycles. The molecule has 38 heavy (non-hydrogen) atoms. The number of nitrogens with zero attached hydrogens (tertiary/aromatic N) is 5. The summed E-state index contributed by atoms with van der Waals surface area (Å²) in [7, 11) is 5.92. The Kier molecular flexibility index (Phi) is 6.94. The van der Waals surface area contributed by atoms with Crippen molar-refractivity contribution in [1.82, 2.24) is 24.8 Å². The summed E-state index contributed by atoms with van der Waals surface area (Å²) >= 11 is 1.61. The Balaban J connectivity index is 1.38. The highest BCUT2D eigenvalue weighted by Gasteiger charge is 2.34. The Labute approximate surface area is 227 Å². The van der Waals surface area contributed by atoms with Crippen LogP contribution in [-0.2, 0) is 17.6 Å². The fraction of sp³-hybridized carbons (Fsp3) is 0.464. The number of thiazole rings is 1. The summed E-state index contributed by atoms with van der Waals surface area (Å²) in [6.07, 6.45) is 4.82. The van der Waals surface area contributed by atoms with Crippen LogP contribution in [0.2, 0.25) is 0 Å². The smallest absolute Gasteiger partial charge is 0.204 e. The van der Waals surface area contributed by atoms with E-state index in [0.717, 1.165) is 59.6 Å². The van der Waals surface area contributed by atoms with E-state index in [0.29, 0.717) is 19.0 Å². The number of aromatic amines is 1. The summed E-state index contributed by atoms with van der Waals surface area (Å²) in [5.41, 5.74) is 3.96. The second-order valence-corrected chi connectivity index (χ2v) is 11.7. The molecule has 6 rings (SSSR count). The van der Waals surface area contributed by atoms with E-state index >= 15 is 0 Å². The van der Waals surface area contributed by atoms with E-state index < -0.39 is 0 Å². The molecule has 4 aromatic rings. The summed E-state index contributed by atoms with van der Waals surface area (Å²) in [5, 5.41) is 6.09. The maximum absolute atomic E-state index is 6.38. The van der Waals surface area contributed by atoms with E-state index in [4.69, 9.17) is 19.4 Å². The number of aromatic nitrogens is 4. The molecule has 10 heteroatoms. The second-order valence-electron chi connectivity index (χ2n) is 10.4. The molecule has 0 unspecified atom stereocenters. The molecular formula is C28H35N7O2S. The minimum atomic E-state index is 0.0784. The van der Waals surface area contributed by atoms with Gasteiger partial charge in [-0.15, -0.1) is 11.3 Å². The highest BCUT2D eigenvalue weighted by Crippen LogP contribution is 2.41. The third-order valence-electron chi connectivity index (χ3n) is 7.41. The lowest BCUT2D eigenvalue weighted by Crippen LogP contribution is -2.49. The number of fused-ring (bicyclic) bond motifs is 4. The number of likely N-dealkylation sites (N-methyl/N-ethyl adjacent to an activating group) is 1. The van der Waals surface area contributed by atoms with Gasteiger partial charge in [0.25, 0.3) is 0 Å². The molecule has 1 aromatic carbocycles.